The van der Waals surface area contributed by atoms with E-state index >= 15 is 0 Å². The van der Waals surface area contributed by atoms with Gasteiger partial charge in [0.25, 0.3) is 5.91 Å². The third-order valence-corrected chi connectivity index (χ3v) is 4.05. The van der Waals surface area contributed by atoms with Crippen LogP contribution in [0.1, 0.15) is 28.8 Å². The highest BCUT2D eigenvalue weighted by atomic mass is 35.5. The first-order valence-corrected chi connectivity index (χ1v) is 7.15. The second-order valence-electron chi connectivity index (χ2n) is 5.18. The quantitative estimate of drug-likeness (QED) is 0.809. The lowest BCUT2D eigenvalue weighted by atomic mass is 10.1. The van der Waals surface area contributed by atoms with Gasteiger partial charge in [-0.2, -0.15) is 0 Å². The number of alkyl halides is 1. The molecule has 0 bridgehead atoms. The molecule has 1 amide bonds. The van der Waals surface area contributed by atoms with Crippen LogP contribution < -0.4 is 5.32 Å². The van der Waals surface area contributed by atoms with Gasteiger partial charge in [-0.3, -0.25) is 4.79 Å². The van der Waals surface area contributed by atoms with Crippen molar-refractivity contribution in [2.45, 2.75) is 31.5 Å². The number of amides is 1. The van der Waals surface area contributed by atoms with Gasteiger partial charge in [-0.05, 0) is 25.0 Å². The summed E-state index contributed by atoms with van der Waals surface area (Å²) >= 11 is 5.58. The van der Waals surface area contributed by atoms with Crippen molar-refractivity contribution >= 4 is 23.2 Å². The zero-order valence-corrected chi connectivity index (χ0v) is 11.4. The maximum absolute atomic E-state index is 12.3. The van der Waals surface area contributed by atoms with Crippen LogP contribution in [-0.4, -0.2) is 40.5 Å². The summed E-state index contributed by atoms with van der Waals surface area (Å²) in [6.07, 6.45) is 1.66. The molecule has 2 aliphatic rings. The summed E-state index contributed by atoms with van der Waals surface area (Å²) in [5, 5.41) is 12.7. The largest absolute Gasteiger partial charge is 0.390 e. The standard InChI is InChI=1S/C14H17ClN2O2/c15-6-10(18)7-16-13-3-1-2-11-12(13)8-17(14(11)19)9-4-5-9/h1-3,9-10,16,18H,4-8H2. The maximum Gasteiger partial charge on any atom is 0.254 e. The number of hydrogen-bond acceptors (Lipinski definition) is 3. The van der Waals surface area contributed by atoms with E-state index in [0.717, 1.165) is 29.7 Å². The summed E-state index contributed by atoms with van der Waals surface area (Å²) in [5.41, 5.74) is 2.76. The van der Waals surface area contributed by atoms with Crippen molar-refractivity contribution < 1.29 is 9.90 Å². The molecular weight excluding hydrogens is 264 g/mol. The highest BCUT2D eigenvalue weighted by Gasteiger charge is 2.38. The van der Waals surface area contributed by atoms with E-state index in [0.29, 0.717) is 19.1 Å². The molecule has 0 spiro atoms. The van der Waals surface area contributed by atoms with Gasteiger partial charge in [-0.1, -0.05) is 6.07 Å². The van der Waals surface area contributed by atoms with Crippen molar-refractivity contribution in [3.63, 3.8) is 0 Å². The molecule has 19 heavy (non-hydrogen) atoms. The number of hydrogen-bond donors (Lipinski definition) is 2. The van der Waals surface area contributed by atoms with E-state index in [9.17, 15) is 9.90 Å². The molecule has 0 aromatic heterocycles. The van der Waals surface area contributed by atoms with Crippen molar-refractivity contribution in [2.24, 2.45) is 0 Å². The number of anilines is 1. The Morgan fingerprint density at radius 3 is 2.95 bits per heavy atom. The third kappa shape index (κ3) is 2.42. The number of carbonyl (C=O) groups excluding carboxylic acids is 1. The van der Waals surface area contributed by atoms with Crippen LogP contribution in [0.5, 0.6) is 0 Å². The van der Waals surface area contributed by atoms with E-state index < -0.39 is 6.10 Å². The molecule has 1 aromatic rings. The van der Waals surface area contributed by atoms with Crippen molar-refractivity contribution in [1.82, 2.24) is 4.90 Å². The van der Waals surface area contributed by atoms with Crippen molar-refractivity contribution in [1.29, 1.82) is 0 Å². The van der Waals surface area contributed by atoms with Gasteiger partial charge in [0.2, 0.25) is 0 Å². The molecule has 1 aliphatic heterocycles. The minimum atomic E-state index is -0.575. The van der Waals surface area contributed by atoms with Crippen molar-refractivity contribution in [3.05, 3.63) is 29.3 Å². The molecule has 1 fully saturated rings. The van der Waals surface area contributed by atoms with Crippen LogP contribution in [0.25, 0.3) is 0 Å². The highest BCUT2D eigenvalue weighted by Crippen LogP contribution is 2.37. The Morgan fingerprint density at radius 2 is 2.26 bits per heavy atom. The summed E-state index contributed by atoms with van der Waals surface area (Å²) in [5.74, 6) is 0.342. The lowest BCUT2D eigenvalue weighted by molar-refractivity contribution is 0.0766. The first-order chi connectivity index (χ1) is 9.20. The molecule has 2 N–H and O–H groups in total. The molecule has 0 radical (unpaired) electrons. The van der Waals surface area contributed by atoms with E-state index in [1.54, 1.807) is 0 Å². The molecule has 1 heterocycles. The maximum atomic E-state index is 12.3. The number of aliphatic hydroxyl groups is 1. The molecular formula is C14H17ClN2O2. The van der Waals surface area contributed by atoms with Crippen LogP contribution in [-0.2, 0) is 6.54 Å². The van der Waals surface area contributed by atoms with Gasteiger partial charge in [-0.25, -0.2) is 0 Å². The predicted octanol–water partition coefficient (Wildman–Crippen LogP) is 1.82. The van der Waals surface area contributed by atoms with E-state index in [4.69, 9.17) is 11.6 Å². The Bertz CT molecular complexity index is 502. The summed E-state index contributed by atoms with van der Waals surface area (Å²) < 4.78 is 0. The van der Waals surface area contributed by atoms with Crippen LogP contribution in [0.15, 0.2) is 18.2 Å². The van der Waals surface area contributed by atoms with Gasteiger partial charge >= 0.3 is 0 Å². The van der Waals surface area contributed by atoms with Crippen LogP contribution in [0.3, 0.4) is 0 Å². The van der Waals surface area contributed by atoms with E-state index in [2.05, 4.69) is 5.32 Å². The Hall–Kier alpha value is -1.26. The number of halogens is 1. The van der Waals surface area contributed by atoms with Crippen LogP contribution in [0, 0.1) is 0 Å². The fourth-order valence-corrected chi connectivity index (χ4v) is 2.59. The monoisotopic (exact) mass is 280 g/mol. The van der Waals surface area contributed by atoms with Crippen LogP contribution in [0.2, 0.25) is 0 Å². The topological polar surface area (TPSA) is 52.6 Å². The third-order valence-electron chi connectivity index (χ3n) is 3.69. The smallest absolute Gasteiger partial charge is 0.254 e. The number of nitrogens with zero attached hydrogens (tertiary/aromatic N) is 1. The SMILES string of the molecule is O=C1c2cccc(NCC(O)CCl)c2CN1C1CC1. The van der Waals surface area contributed by atoms with Crippen LogP contribution in [0.4, 0.5) is 5.69 Å². The molecule has 1 aliphatic carbocycles. The number of carbonyl (C=O) groups is 1. The molecule has 0 saturated heterocycles. The highest BCUT2D eigenvalue weighted by molar-refractivity contribution is 6.18. The summed E-state index contributed by atoms with van der Waals surface area (Å²) in [6.45, 7) is 1.08. The molecule has 5 heteroatoms. The molecule has 1 saturated carbocycles. The average molecular weight is 281 g/mol. The zero-order chi connectivity index (χ0) is 13.4. The molecule has 1 aromatic carbocycles. The summed E-state index contributed by atoms with van der Waals surface area (Å²) in [7, 11) is 0. The minimum Gasteiger partial charge on any atom is -0.390 e. The van der Waals surface area contributed by atoms with Gasteiger partial charge in [-0.15, -0.1) is 11.6 Å². The van der Waals surface area contributed by atoms with Crippen molar-refractivity contribution in [3.8, 4) is 0 Å². The molecule has 1 unspecified atom stereocenters. The fraction of sp³-hybridized carbons (Fsp3) is 0.500. The molecule has 3 rings (SSSR count). The number of fused-ring (bicyclic) bond motifs is 1. The second-order valence-corrected chi connectivity index (χ2v) is 5.49. The lowest BCUT2D eigenvalue weighted by Crippen LogP contribution is -2.26. The average Bonchev–Trinajstić information content (AvgIpc) is 3.21. The second kappa shape index (κ2) is 5.02. The summed E-state index contributed by atoms with van der Waals surface area (Å²) in [6, 6.07) is 6.14. The van der Waals surface area contributed by atoms with E-state index in [-0.39, 0.29) is 11.8 Å². The number of rotatable bonds is 5. The zero-order valence-electron chi connectivity index (χ0n) is 10.6. The van der Waals surface area contributed by atoms with Crippen molar-refractivity contribution in [2.75, 3.05) is 17.7 Å². The Labute approximate surface area is 117 Å². The van der Waals surface area contributed by atoms with Gasteiger partial charge in [0.1, 0.15) is 0 Å². The minimum absolute atomic E-state index is 0.138. The first-order valence-electron chi connectivity index (χ1n) is 6.61. The Kier molecular flexibility index (Phi) is 3.37. The molecule has 4 nitrogen and oxygen atoms in total. The Balaban J connectivity index is 1.79. The predicted molar refractivity (Wildman–Crippen MR) is 74.6 cm³/mol. The van der Waals surface area contributed by atoms with Gasteiger partial charge in [0, 0.05) is 35.9 Å². The fourth-order valence-electron chi connectivity index (χ4n) is 2.48. The van der Waals surface area contributed by atoms with E-state index in [1.807, 2.05) is 23.1 Å². The van der Waals surface area contributed by atoms with Crippen LogP contribution >= 0.6 is 11.6 Å². The van der Waals surface area contributed by atoms with Gasteiger partial charge < -0.3 is 15.3 Å². The number of nitrogens with one attached hydrogen (secondary N) is 1. The van der Waals surface area contributed by atoms with Gasteiger partial charge in [0.05, 0.1) is 12.0 Å². The Morgan fingerprint density at radius 1 is 1.47 bits per heavy atom. The number of benzene rings is 1. The number of aliphatic hydroxyl groups excluding tert-OH is 1. The summed E-state index contributed by atoms with van der Waals surface area (Å²) in [4.78, 5) is 14.2. The first kappa shape index (κ1) is 12.8. The molecule has 1 atom stereocenters. The molecule has 102 valence electrons. The van der Waals surface area contributed by atoms with E-state index in [1.165, 1.54) is 0 Å². The normalized spacial score (nSPS) is 19.5. The lowest BCUT2D eigenvalue weighted by Gasteiger charge is -2.15. The van der Waals surface area contributed by atoms with Gasteiger partial charge in [0.15, 0.2) is 0 Å².